The lowest BCUT2D eigenvalue weighted by atomic mass is 10.0. The van der Waals surface area contributed by atoms with E-state index in [1.54, 1.807) is 7.11 Å². The standard InChI is InChI=1S/C15H24N2O/c1-12-10-13(2)14(15(11-12)18-3)4-7-17-8-5-16-6-9-17/h10-11,16H,4-9H2,1-3H3. The molecule has 0 saturated carbocycles. The van der Waals surface area contributed by atoms with Crippen LogP contribution in [0.2, 0.25) is 0 Å². The van der Waals surface area contributed by atoms with Crippen molar-refractivity contribution >= 4 is 0 Å². The van der Waals surface area contributed by atoms with E-state index >= 15 is 0 Å². The van der Waals surface area contributed by atoms with Crippen LogP contribution in [0.25, 0.3) is 0 Å². The molecule has 0 bridgehead atoms. The molecule has 1 aliphatic heterocycles. The third-order valence-corrected chi connectivity index (χ3v) is 3.68. The maximum atomic E-state index is 5.52. The number of piperazine rings is 1. The van der Waals surface area contributed by atoms with Crippen LogP contribution in [0.15, 0.2) is 12.1 Å². The van der Waals surface area contributed by atoms with Gasteiger partial charge in [0.15, 0.2) is 0 Å². The number of hydrogen-bond acceptors (Lipinski definition) is 3. The Morgan fingerprint density at radius 1 is 1.22 bits per heavy atom. The van der Waals surface area contributed by atoms with Gasteiger partial charge < -0.3 is 15.0 Å². The molecule has 1 aromatic rings. The quantitative estimate of drug-likeness (QED) is 0.879. The van der Waals surface area contributed by atoms with Gasteiger partial charge in [0, 0.05) is 32.7 Å². The molecule has 18 heavy (non-hydrogen) atoms. The molecule has 100 valence electrons. The topological polar surface area (TPSA) is 24.5 Å². The van der Waals surface area contributed by atoms with E-state index in [1.807, 2.05) is 0 Å². The molecule has 0 unspecified atom stereocenters. The molecule has 0 aliphatic carbocycles. The van der Waals surface area contributed by atoms with Crippen molar-refractivity contribution < 1.29 is 4.74 Å². The Hall–Kier alpha value is -1.06. The Balaban J connectivity index is 2.03. The van der Waals surface area contributed by atoms with Gasteiger partial charge in [0.2, 0.25) is 0 Å². The van der Waals surface area contributed by atoms with Crippen LogP contribution in [0, 0.1) is 13.8 Å². The summed E-state index contributed by atoms with van der Waals surface area (Å²) in [6, 6.07) is 4.38. The van der Waals surface area contributed by atoms with Gasteiger partial charge in [-0.1, -0.05) is 6.07 Å². The van der Waals surface area contributed by atoms with Crippen LogP contribution in [0.1, 0.15) is 16.7 Å². The second-order valence-electron chi connectivity index (χ2n) is 5.10. The molecule has 0 spiro atoms. The molecule has 1 fully saturated rings. The summed E-state index contributed by atoms with van der Waals surface area (Å²) >= 11 is 0. The van der Waals surface area contributed by atoms with Gasteiger partial charge in [-0.2, -0.15) is 0 Å². The Morgan fingerprint density at radius 3 is 2.61 bits per heavy atom. The van der Waals surface area contributed by atoms with Gasteiger partial charge in [0.25, 0.3) is 0 Å². The number of hydrogen-bond donors (Lipinski definition) is 1. The van der Waals surface area contributed by atoms with Gasteiger partial charge in [-0.05, 0) is 43.0 Å². The van der Waals surface area contributed by atoms with E-state index in [1.165, 1.54) is 16.7 Å². The number of benzene rings is 1. The predicted octanol–water partition coefficient (Wildman–Crippen LogP) is 1.76. The van der Waals surface area contributed by atoms with Gasteiger partial charge in [-0.15, -0.1) is 0 Å². The summed E-state index contributed by atoms with van der Waals surface area (Å²) < 4.78 is 5.52. The van der Waals surface area contributed by atoms with E-state index in [9.17, 15) is 0 Å². The summed E-state index contributed by atoms with van der Waals surface area (Å²) in [5, 5.41) is 3.39. The van der Waals surface area contributed by atoms with Crippen molar-refractivity contribution in [2.24, 2.45) is 0 Å². The summed E-state index contributed by atoms with van der Waals surface area (Å²) in [5.74, 6) is 1.04. The first-order chi connectivity index (χ1) is 8.70. The first-order valence-corrected chi connectivity index (χ1v) is 6.78. The smallest absolute Gasteiger partial charge is 0.122 e. The monoisotopic (exact) mass is 248 g/mol. The van der Waals surface area contributed by atoms with E-state index in [0.29, 0.717) is 0 Å². The van der Waals surface area contributed by atoms with E-state index in [-0.39, 0.29) is 0 Å². The highest BCUT2D eigenvalue weighted by molar-refractivity contribution is 5.43. The maximum absolute atomic E-state index is 5.52. The molecule has 1 saturated heterocycles. The summed E-state index contributed by atoms with van der Waals surface area (Å²) in [7, 11) is 1.77. The fourth-order valence-corrected chi connectivity index (χ4v) is 2.67. The molecule has 0 amide bonds. The zero-order valence-corrected chi connectivity index (χ0v) is 11.8. The average molecular weight is 248 g/mol. The van der Waals surface area contributed by atoms with Crippen LogP contribution in [0.3, 0.4) is 0 Å². The van der Waals surface area contributed by atoms with Gasteiger partial charge in [-0.25, -0.2) is 0 Å². The van der Waals surface area contributed by atoms with Crippen molar-refractivity contribution in [3.8, 4) is 5.75 Å². The predicted molar refractivity (Wildman–Crippen MR) is 75.5 cm³/mol. The van der Waals surface area contributed by atoms with Crippen LogP contribution in [-0.2, 0) is 6.42 Å². The van der Waals surface area contributed by atoms with Crippen molar-refractivity contribution in [3.05, 3.63) is 28.8 Å². The molecule has 0 atom stereocenters. The highest BCUT2D eigenvalue weighted by Crippen LogP contribution is 2.24. The molecular weight excluding hydrogens is 224 g/mol. The van der Waals surface area contributed by atoms with Crippen molar-refractivity contribution in [1.82, 2.24) is 10.2 Å². The van der Waals surface area contributed by atoms with Gasteiger partial charge in [0.1, 0.15) is 5.75 Å². The summed E-state index contributed by atoms with van der Waals surface area (Å²) in [5.41, 5.74) is 3.99. The first kappa shape index (κ1) is 13.4. The van der Waals surface area contributed by atoms with E-state index < -0.39 is 0 Å². The molecule has 0 radical (unpaired) electrons. The normalized spacial score (nSPS) is 16.8. The summed E-state index contributed by atoms with van der Waals surface area (Å²) in [6.45, 7) is 9.98. The van der Waals surface area contributed by atoms with E-state index in [0.717, 1.165) is 44.9 Å². The molecule has 3 nitrogen and oxygen atoms in total. The SMILES string of the molecule is COc1cc(C)cc(C)c1CCN1CCNCC1. The third-order valence-electron chi connectivity index (χ3n) is 3.68. The Kier molecular flexibility index (Phi) is 4.61. The number of ether oxygens (including phenoxy) is 1. The number of nitrogens with one attached hydrogen (secondary N) is 1. The van der Waals surface area contributed by atoms with Crippen molar-refractivity contribution in [1.29, 1.82) is 0 Å². The molecule has 1 aliphatic rings. The highest BCUT2D eigenvalue weighted by Gasteiger charge is 2.12. The van der Waals surface area contributed by atoms with Crippen molar-refractivity contribution in [2.75, 3.05) is 39.8 Å². The fourth-order valence-electron chi connectivity index (χ4n) is 2.67. The minimum absolute atomic E-state index is 1.04. The average Bonchev–Trinajstić information content (AvgIpc) is 2.38. The zero-order chi connectivity index (χ0) is 13.0. The largest absolute Gasteiger partial charge is 0.496 e. The maximum Gasteiger partial charge on any atom is 0.122 e. The van der Waals surface area contributed by atoms with E-state index in [2.05, 4.69) is 36.2 Å². The summed E-state index contributed by atoms with van der Waals surface area (Å²) in [6.07, 6.45) is 1.08. The second kappa shape index (κ2) is 6.21. The number of aryl methyl sites for hydroxylation is 2. The van der Waals surface area contributed by atoms with Gasteiger partial charge >= 0.3 is 0 Å². The lowest BCUT2D eigenvalue weighted by Crippen LogP contribution is -2.44. The molecule has 1 heterocycles. The van der Waals surface area contributed by atoms with Gasteiger partial charge in [0.05, 0.1) is 7.11 Å². The van der Waals surface area contributed by atoms with Gasteiger partial charge in [-0.3, -0.25) is 0 Å². The molecule has 0 aromatic heterocycles. The minimum Gasteiger partial charge on any atom is -0.496 e. The Bertz CT molecular complexity index is 398. The van der Waals surface area contributed by atoms with Crippen molar-refractivity contribution in [3.63, 3.8) is 0 Å². The second-order valence-corrected chi connectivity index (χ2v) is 5.10. The van der Waals surface area contributed by atoms with Crippen LogP contribution >= 0.6 is 0 Å². The Labute approximate surface area is 110 Å². The van der Waals surface area contributed by atoms with E-state index in [4.69, 9.17) is 4.74 Å². The lowest BCUT2D eigenvalue weighted by molar-refractivity contribution is 0.243. The molecular formula is C15H24N2O. The minimum atomic E-state index is 1.04. The summed E-state index contributed by atoms with van der Waals surface area (Å²) in [4.78, 5) is 2.52. The van der Waals surface area contributed by atoms with Crippen LogP contribution in [0.5, 0.6) is 5.75 Å². The molecule has 2 rings (SSSR count). The number of methoxy groups -OCH3 is 1. The van der Waals surface area contributed by atoms with Crippen LogP contribution in [0.4, 0.5) is 0 Å². The fraction of sp³-hybridized carbons (Fsp3) is 0.600. The third kappa shape index (κ3) is 3.24. The number of nitrogens with zero attached hydrogens (tertiary/aromatic N) is 1. The molecule has 1 aromatic carbocycles. The van der Waals surface area contributed by atoms with Crippen LogP contribution < -0.4 is 10.1 Å². The Morgan fingerprint density at radius 2 is 1.94 bits per heavy atom. The molecule has 3 heteroatoms. The lowest BCUT2D eigenvalue weighted by Gasteiger charge is -2.27. The molecule has 1 N–H and O–H groups in total. The number of rotatable bonds is 4. The van der Waals surface area contributed by atoms with Crippen LogP contribution in [-0.4, -0.2) is 44.7 Å². The zero-order valence-electron chi connectivity index (χ0n) is 11.8. The van der Waals surface area contributed by atoms with Crippen molar-refractivity contribution in [2.45, 2.75) is 20.3 Å². The highest BCUT2D eigenvalue weighted by atomic mass is 16.5. The first-order valence-electron chi connectivity index (χ1n) is 6.78.